The molecule has 0 spiro atoms. The van der Waals surface area contributed by atoms with Gasteiger partial charge in [-0.1, -0.05) is 30.3 Å². The van der Waals surface area contributed by atoms with Crippen LogP contribution in [0.5, 0.6) is 0 Å². The van der Waals surface area contributed by atoms with Crippen molar-refractivity contribution in [2.75, 3.05) is 0 Å². The maximum Gasteiger partial charge on any atom is 0.306 e. The quantitative estimate of drug-likeness (QED) is 0.783. The molecule has 1 N–H and O–H groups in total. The molecule has 4 nitrogen and oxygen atoms in total. The summed E-state index contributed by atoms with van der Waals surface area (Å²) in [5, 5.41) is 2.61. The molecule has 0 saturated heterocycles. The average molecular weight is 347 g/mol. The molecule has 0 saturated carbocycles. The van der Waals surface area contributed by atoms with Crippen LogP contribution in [0.1, 0.15) is 24.5 Å². The largest absolute Gasteiger partial charge is 0.453 e. The Morgan fingerprint density at radius 2 is 1.76 bits per heavy atom. The highest BCUT2D eigenvalue weighted by molar-refractivity contribution is 5.83. The smallest absolute Gasteiger partial charge is 0.306 e. The van der Waals surface area contributed by atoms with E-state index in [0.717, 1.165) is 5.56 Å². The van der Waals surface area contributed by atoms with Gasteiger partial charge in [-0.3, -0.25) is 9.59 Å². The van der Waals surface area contributed by atoms with E-state index in [9.17, 15) is 18.4 Å². The third kappa shape index (κ3) is 5.99. The lowest BCUT2D eigenvalue weighted by Gasteiger charge is -2.13. The number of hydrogen-bond acceptors (Lipinski definition) is 3. The summed E-state index contributed by atoms with van der Waals surface area (Å²) in [5.41, 5.74) is 1.15. The molecule has 0 heterocycles. The number of amides is 1. The number of rotatable bonds is 7. The van der Waals surface area contributed by atoms with Crippen molar-refractivity contribution < 1.29 is 23.1 Å². The SMILES string of the molecule is C[C@H](OC(=O)CCc1ccccc1F)C(=O)NCc1ccc(F)cc1. The van der Waals surface area contributed by atoms with Gasteiger partial charge in [-0.15, -0.1) is 0 Å². The first-order valence-corrected chi connectivity index (χ1v) is 7.90. The predicted molar refractivity (Wildman–Crippen MR) is 88.5 cm³/mol. The van der Waals surface area contributed by atoms with Crippen LogP contribution < -0.4 is 5.32 Å². The van der Waals surface area contributed by atoms with E-state index in [2.05, 4.69) is 5.32 Å². The van der Waals surface area contributed by atoms with Crippen LogP contribution in [0.15, 0.2) is 48.5 Å². The summed E-state index contributed by atoms with van der Waals surface area (Å²) in [6.45, 7) is 1.66. The maximum atomic E-state index is 13.5. The van der Waals surface area contributed by atoms with Gasteiger partial charge in [0, 0.05) is 13.0 Å². The number of ether oxygens (including phenoxy) is 1. The number of carbonyl (C=O) groups excluding carboxylic acids is 2. The number of carbonyl (C=O) groups is 2. The number of halogens is 2. The summed E-state index contributed by atoms with van der Waals surface area (Å²) >= 11 is 0. The summed E-state index contributed by atoms with van der Waals surface area (Å²) in [5.74, 6) is -1.76. The van der Waals surface area contributed by atoms with Crippen LogP contribution in [0.3, 0.4) is 0 Å². The molecule has 0 unspecified atom stereocenters. The van der Waals surface area contributed by atoms with Crippen LogP contribution in [-0.4, -0.2) is 18.0 Å². The summed E-state index contributed by atoms with van der Waals surface area (Å²) in [7, 11) is 0. The van der Waals surface area contributed by atoms with Gasteiger partial charge in [-0.2, -0.15) is 0 Å². The van der Waals surface area contributed by atoms with Crippen molar-refractivity contribution in [1.29, 1.82) is 0 Å². The molecule has 2 aromatic carbocycles. The number of esters is 1. The molecule has 0 aliphatic carbocycles. The monoisotopic (exact) mass is 347 g/mol. The van der Waals surface area contributed by atoms with Gasteiger partial charge in [0.25, 0.3) is 5.91 Å². The molecule has 1 atom stereocenters. The zero-order chi connectivity index (χ0) is 18.2. The molecule has 2 aromatic rings. The average Bonchev–Trinajstić information content (AvgIpc) is 2.60. The van der Waals surface area contributed by atoms with Gasteiger partial charge in [0.1, 0.15) is 11.6 Å². The van der Waals surface area contributed by atoms with Crippen molar-refractivity contribution in [2.45, 2.75) is 32.4 Å². The van der Waals surface area contributed by atoms with E-state index < -0.39 is 18.0 Å². The fraction of sp³-hybridized carbons (Fsp3) is 0.263. The summed E-state index contributed by atoms with van der Waals surface area (Å²) in [4.78, 5) is 23.7. The van der Waals surface area contributed by atoms with Crippen molar-refractivity contribution in [2.24, 2.45) is 0 Å². The van der Waals surface area contributed by atoms with Gasteiger partial charge in [-0.25, -0.2) is 8.78 Å². The second-order valence-corrected chi connectivity index (χ2v) is 5.57. The first kappa shape index (κ1) is 18.6. The van der Waals surface area contributed by atoms with E-state index in [4.69, 9.17) is 4.74 Å². The third-order valence-corrected chi connectivity index (χ3v) is 3.61. The Morgan fingerprint density at radius 1 is 1.08 bits per heavy atom. The zero-order valence-electron chi connectivity index (χ0n) is 13.8. The Kier molecular flexibility index (Phi) is 6.62. The Morgan fingerprint density at radius 3 is 2.44 bits per heavy atom. The molecule has 0 fully saturated rings. The fourth-order valence-corrected chi connectivity index (χ4v) is 2.18. The highest BCUT2D eigenvalue weighted by Gasteiger charge is 2.17. The van der Waals surface area contributed by atoms with Crippen molar-refractivity contribution in [3.63, 3.8) is 0 Å². The van der Waals surface area contributed by atoms with Crippen molar-refractivity contribution >= 4 is 11.9 Å². The Balaban J connectivity index is 1.75. The lowest BCUT2D eigenvalue weighted by atomic mass is 10.1. The number of nitrogens with one attached hydrogen (secondary N) is 1. The number of benzene rings is 2. The molecule has 132 valence electrons. The first-order chi connectivity index (χ1) is 12.0. The van der Waals surface area contributed by atoms with Crippen molar-refractivity contribution in [1.82, 2.24) is 5.32 Å². The minimum Gasteiger partial charge on any atom is -0.453 e. The summed E-state index contributed by atoms with van der Waals surface area (Å²) in [6.07, 6.45) is -0.778. The fourth-order valence-electron chi connectivity index (χ4n) is 2.18. The van der Waals surface area contributed by atoms with Crippen molar-refractivity contribution in [3.8, 4) is 0 Å². The number of aryl methyl sites for hydroxylation is 1. The lowest BCUT2D eigenvalue weighted by Crippen LogP contribution is -2.35. The Labute approximate surface area is 144 Å². The Hall–Kier alpha value is -2.76. The minimum absolute atomic E-state index is 0.0173. The Bertz CT molecular complexity index is 732. The van der Waals surface area contributed by atoms with Crippen LogP contribution in [0.2, 0.25) is 0 Å². The van der Waals surface area contributed by atoms with Crippen molar-refractivity contribution in [3.05, 3.63) is 71.3 Å². The summed E-state index contributed by atoms with van der Waals surface area (Å²) < 4.78 is 31.3. The van der Waals surface area contributed by atoms with Gasteiger partial charge in [0.15, 0.2) is 6.10 Å². The zero-order valence-corrected chi connectivity index (χ0v) is 13.8. The molecule has 1 amide bonds. The molecule has 25 heavy (non-hydrogen) atoms. The summed E-state index contributed by atoms with van der Waals surface area (Å²) in [6, 6.07) is 11.9. The standard InChI is InChI=1S/C19H19F2NO3/c1-13(19(24)22-12-14-6-9-16(20)10-7-14)25-18(23)11-8-15-4-2-3-5-17(15)21/h2-7,9-10,13H,8,11-12H2,1H3,(H,22,24)/t13-/m0/s1. The lowest BCUT2D eigenvalue weighted by molar-refractivity contribution is -0.154. The highest BCUT2D eigenvalue weighted by atomic mass is 19.1. The highest BCUT2D eigenvalue weighted by Crippen LogP contribution is 2.10. The van der Waals surface area contributed by atoms with Crippen LogP contribution in [0, 0.1) is 11.6 Å². The second-order valence-electron chi connectivity index (χ2n) is 5.57. The van der Waals surface area contributed by atoms with Crippen LogP contribution >= 0.6 is 0 Å². The molecule has 6 heteroatoms. The van der Waals surface area contributed by atoms with E-state index >= 15 is 0 Å². The topological polar surface area (TPSA) is 55.4 Å². The molecule has 2 rings (SSSR count). The van der Waals surface area contributed by atoms with E-state index in [0.29, 0.717) is 5.56 Å². The molecule has 0 aliphatic rings. The van der Waals surface area contributed by atoms with Gasteiger partial charge in [0.2, 0.25) is 0 Å². The second kappa shape index (κ2) is 8.92. The van der Waals surface area contributed by atoms with Gasteiger partial charge in [0.05, 0.1) is 0 Å². The predicted octanol–water partition coefficient (Wildman–Crippen LogP) is 3.15. The van der Waals surface area contributed by atoms with Gasteiger partial charge >= 0.3 is 5.97 Å². The minimum atomic E-state index is -0.964. The van der Waals surface area contributed by atoms with E-state index in [1.165, 1.54) is 25.1 Å². The molecule has 0 bridgehead atoms. The first-order valence-electron chi connectivity index (χ1n) is 7.90. The molecule has 0 aromatic heterocycles. The van der Waals surface area contributed by atoms with E-state index in [1.54, 1.807) is 30.3 Å². The maximum absolute atomic E-state index is 13.5. The molecular formula is C19H19F2NO3. The van der Waals surface area contributed by atoms with Crippen LogP contribution in [-0.2, 0) is 27.3 Å². The molecule has 0 aliphatic heterocycles. The van der Waals surface area contributed by atoms with Gasteiger partial charge < -0.3 is 10.1 Å². The molecular weight excluding hydrogens is 328 g/mol. The molecule has 0 radical (unpaired) electrons. The van der Waals surface area contributed by atoms with Gasteiger partial charge in [-0.05, 0) is 42.7 Å². The van der Waals surface area contributed by atoms with E-state index in [1.807, 2.05) is 0 Å². The van der Waals surface area contributed by atoms with Crippen LogP contribution in [0.25, 0.3) is 0 Å². The van der Waals surface area contributed by atoms with E-state index in [-0.39, 0.29) is 31.0 Å². The normalized spacial score (nSPS) is 11.6. The third-order valence-electron chi connectivity index (χ3n) is 3.61. The van der Waals surface area contributed by atoms with Crippen LogP contribution in [0.4, 0.5) is 8.78 Å². The number of hydrogen-bond donors (Lipinski definition) is 1.